The van der Waals surface area contributed by atoms with Gasteiger partial charge < -0.3 is 5.73 Å². The van der Waals surface area contributed by atoms with Gasteiger partial charge in [0.05, 0.1) is 4.90 Å². The molecular formula is C15H15FN2O2S. The predicted molar refractivity (Wildman–Crippen MR) is 77.2 cm³/mol. The van der Waals surface area contributed by atoms with Crippen molar-refractivity contribution in [3.8, 4) is 0 Å². The van der Waals surface area contributed by atoms with Gasteiger partial charge in [-0.3, -0.25) is 0 Å². The zero-order valence-electron chi connectivity index (χ0n) is 11.3. The number of sulfonamides is 1. The summed E-state index contributed by atoms with van der Waals surface area (Å²) in [5.41, 5.74) is 7.64. The fourth-order valence-electron chi connectivity index (χ4n) is 2.49. The predicted octanol–water partition coefficient (Wildman–Crippen LogP) is 1.99. The highest BCUT2D eigenvalue weighted by molar-refractivity contribution is 7.89. The molecule has 0 bridgehead atoms. The average Bonchev–Trinajstić information content (AvgIpc) is 2.92. The summed E-state index contributed by atoms with van der Waals surface area (Å²) < 4.78 is 40.1. The van der Waals surface area contributed by atoms with Gasteiger partial charge in [-0.05, 0) is 29.3 Å². The SMILES string of the molecule is NCc1cc(S(=O)(=O)N2Cc3ccccc3C2)ccc1F. The van der Waals surface area contributed by atoms with Crippen LogP contribution in [0, 0.1) is 5.82 Å². The normalized spacial score (nSPS) is 15.1. The minimum absolute atomic E-state index is 0.0323. The number of halogens is 1. The first kappa shape index (κ1) is 14.2. The number of benzene rings is 2. The fourth-order valence-corrected chi connectivity index (χ4v) is 3.94. The Kier molecular flexibility index (Phi) is 3.52. The summed E-state index contributed by atoms with van der Waals surface area (Å²) in [5.74, 6) is -0.485. The van der Waals surface area contributed by atoms with E-state index in [1.54, 1.807) is 0 Å². The highest BCUT2D eigenvalue weighted by Gasteiger charge is 2.30. The summed E-state index contributed by atoms with van der Waals surface area (Å²) in [4.78, 5) is 0.0807. The zero-order valence-corrected chi connectivity index (χ0v) is 12.1. The second-order valence-electron chi connectivity index (χ2n) is 5.00. The number of nitrogens with two attached hydrogens (primary N) is 1. The van der Waals surface area contributed by atoms with Crippen molar-refractivity contribution >= 4 is 10.0 Å². The molecule has 2 N–H and O–H groups in total. The van der Waals surface area contributed by atoms with E-state index >= 15 is 0 Å². The van der Waals surface area contributed by atoms with Crippen LogP contribution in [-0.4, -0.2) is 12.7 Å². The van der Waals surface area contributed by atoms with Gasteiger partial charge in [-0.1, -0.05) is 24.3 Å². The number of nitrogens with zero attached hydrogens (tertiary/aromatic N) is 1. The van der Waals surface area contributed by atoms with Crippen molar-refractivity contribution in [2.75, 3.05) is 0 Å². The van der Waals surface area contributed by atoms with Crippen molar-refractivity contribution in [1.29, 1.82) is 0 Å². The van der Waals surface area contributed by atoms with Gasteiger partial charge >= 0.3 is 0 Å². The number of fused-ring (bicyclic) bond motifs is 1. The lowest BCUT2D eigenvalue weighted by molar-refractivity contribution is 0.431. The van der Waals surface area contributed by atoms with E-state index in [-0.39, 0.29) is 17.0 Å². The molecule has 0 aliphatic carbocycles. The van der Waals surface area contributed by atoms with E-state index in [4.69, 9.17) is 5.73 Å². The summed E-state index contributed by atoms with van der Waals surface area (Å²) in [6.45, 7) is 0.650. The van der Waals surface area contributed by atoms with Crippen LogP contribution in [-0.2, 0) is 29.7 Å². The summed E-state index contributed by atoms with van der Waals surface area (Å²) in [6, 6.07) is 11.4. The Labute approximate surface area is 123 Å². The molecule has 0 saturated heterocycles. The molecule has 4 nitrogen and oxygen atoms in total. The van der Waals surface area contributed by atoms with Gasteiger partial charge in [0, 0.05) is 25.2 Å². The molecule has 6 heteroatoms. The molecule has 2 aromatic rings. The van der Waals surface area contributed by atoms with E-state index in [1.807, 2.05) is 24.3 Å². The maximum Gasteiger partial charge on any atom is 0.243 e. The smallest absolute Gasteiger partial charge is 0.243 e. The minimum Gasteiger partial charge on any atom is -0.326 e. The molecule has 0 amide bonds. The maximum absolute atomic E-state index is 13.5. The molecule has 110 valence electrons. The third-order valence-corrected chi connectivity index (χ3v) is 5.47. The molecule has 1 aliphatic rings. The summed E-state index contributed by atoms with van der Waals surface area (Å²) >= 11 is 0. The molecule has 3 rings (SSSR count). The minimum atomic E-state index is -3.64. The molecule has 1 aliphatic heterocycles. The lowest BCUT2D eigenvalue weighted by Crippen LogP contribution is -2.26. The molecule has 0 saturated carbocycles. The molecule has 1 heterocycles. The molecule has 21 heavy (non-hydrogen) atoms. The molecule has 2 aromatic carbocycles. The average molecular weight is 306 g/mol. The van der Waals surface area contributed by atoms with Crippen molar-refractivity contribution < 1.29 is 12.8 Å². The summed E-state index contributed by atoms with van der Waals surface area (Å²) in [6.07, 6.45) is 0. The Morgan fingerprint density at radius 2 is 1.71 bits per heavy atom. The topological polar surface area (TPSA) is 63.4 Å². The Hall–Kier alpha value is -1.76. The first-order valence-corrected chi connectivity index (χ1v) is 8.02. The van der Waals surface area contributed by atoms with Crippen LogP contribution in [0.15, 0.2) is 47.4 Å². The van der Waals surface area contributed by atoms with E-state index in [1.165, 1.54) is 16.4 Å². The van der Waals surface area contributed by atoms with Gasteiger partial charge in [-0.25, -0.2) is 12.8 Å². The van der Waals surface area contributed by atoms with Gasteiger partial charge in [0.1, 0.15) is 5.82 Å². The van der Waals surface area contributed by atoms with Crippen LogP contribution in [0.4, 0.5) is 4.39 Å². The second kappa shape index (κ2) is 5.22. The zero-order chi connectivity index (χ0) is 15.0. The van der Waals surface area contributed by atoms with Crippen LogP contribution in [0.5, 0.6) is 0 Å². The molecule has 0 atom stereocenters. The summed E-state index contributed by atoms with van der Waals surface area (Å²) in [5, 5.41) is 0. The van der Waals surface area contributed by atoms with Gasteiger partial charge in [0.15, 0.2) is 0 Å². The van der Waals surface area contributed by atoms with E-state index in [0.29, 0.717) is 13.1 Å². The third-order valence-electron chi connectivity index (χ3n) is 3.69. The van der Waals surface area contributed by atoms with Crippen LogP contribution in [0.2, 0.25) is 0 Å². The summed E-state index contributed by atoms with van der Waals surface area (Å²) in [7, 11) is -3.64. The van der Waals surface area contributed by atoms with E-state index in [0.717, 1.165) is 17.2 Å². The second-order valence-corrected chi connectivity index (χ2v) is 6.94. The monoisotopic (exact) mass is 306 g/mol. The van der Waals surface area contributed by atoms with E-state index in [2.05, 4.69) is 0 Å². The van der Waals surface area contributed by atoms with Crippen molar-refractivity contribution in [3.05, 3.63) is 65.0 Å². The Bertz CT molecular complexity index is 765. The quantitative estimate of drug-likeness (QED) is 0.943. The number of rotatable bonds is 3. The molecular weight excluding hydrogens is 291 g/mol. The van der Waals surface area contributed by atoms with E-state index < -0.39 is 15.8 Å². The largest absolute Gasteiger partial charge is 0.326 e. The maximum atomic E-state index is 13.5. The Morgan fingerprint density at radius 1 is 1.10 bits per heavy atom. The third kappa shape index (κ3) is 2.46. The van der Waals surface area contributed by atoms with Crippen LogP contribution in [0.3, 0.4) is 0 Å². The molecule has 0 aromatic heterocycles. The lowest BCUT2D eigenvalue weighted by atomic mass is 10.1. The lowest BCUT2D eigenvalue weighted by Gasteiger charge is -2.16. The highest BCUT2D eigenvalue weighted by atomic mass is 32.2. The Balaban J connectivity index is 1.96. The molecule has 0 unspecified atom stereocenters. The van der Waals surface area contributed by atoms with Crippen molar-refractivity contribution in [1.82, 2.24) is 4.31 Å². The van der Waals surface area contributed by atoms with Gasteiger partial charge in [-0.2, -0.15) is 4.31 Å². The number of hydrogen-bond donors (Lipinski definition) is 1. The Morgan fingerprint density at radius 3 is 2.29 bits per heavy atom. The van der Waals surface area contributed by atoms with Crippen LogP contribution in [0.25, 0.3) is 0 Å². The molecule has 0 fully saturated rings. The molecule has 0 spiro atoms. The standard InChI is InChI=1S/C15H15FN2O2S/c16-15-6-5-14(7-13(15)8-17)21(19,20)18-9-11-3-1-2-4-12(11)10-18/h1-7H,8-10,17H2. The molecule has 0 radical (unpaired) electrons. The van der Waals surface area contributed by atoms with Gasteiger partial charge in [0.25, 0.3) is 0 Å². The first-order valence-electron chi connectivity index (χ1n) is 6.58. The van der Waals surface area contributed by atoms with Gasteiger partial charge in [-0.15, -0.1) is 0 Å². The van der Waals surface area contributed by atoms with Crippen LogP contribution < -0.4 is 5.73 Å². The van der Waals surface area contributed by atoms with Crippen LogP contribution >= 0.6 is 0 Å². The van der Waals surface area contributed by atoms with Crippen molar-refractivity contribution in [2.24, 2.45) is 5.73 Å². The van der Waals surface area contributed by atoms with Crippen LogP contribution in [0.1, 0.15) is 16.7 Å². The fraction of sp³-hybridized carbons (Fsp3) is 0.200. The van der Waals surface area contributed by atoms with Crippen molar-refractivity contribution in [3.63, 3.8) is 0 Å². The highest BCUT2D eigenvalue weighted by Crippen LogP contribution is 2.29. The van der Waals surface area contributed by atoms with E-state index in [9.17, 15) is 12.8 Å². The first-order chi connectivity index (χ1) is 10.0. The number of hydrogen-bond acceptors (Lipinski definition) is 3. The van der Waals surface area contributed by atoms with Gasteiger partial charge in [0.2, 0.25) is 10.0 Å². The van der Waals surface area contributed by atoms with Crippen molar-refractivity contribution in [2.45, 2.75) is 24.5 Å².